The zero-order valence-electron chi connectivity index (χ0n) is 24.0. The van der Waals surface area contributed by atoms with Crippen molar-refractivity contribution in [3.63, 3.8) is 0 Å². The third kappa shape index (κ3) is 5.62. The van der Waals surface area contributed by atoms with Crippen LogP contribution in [0.3, 0.4) is 0 Å². The van der Waals surface area contributed by atoms with Gasteiger partial charge in [0.05, 0.1) is 34.0 Å². The Bertz CT molecular complexity index is 1760. The molecule has 2 N–H and O–H groups in total. The minimum absolute atomic E-state index is 0.138. The van der Waals surface area contributed by atoms with Gasteiger partial charge in [-0.05, 0) is 61.6 Å². The van der Waals surface area contributed by atoms with Crippen molar-refractivity contribution in [3.05, 3.63) is 78.5 Å². The van der Waals surface area contributed by atoms with Crippen LogP contribution in [0, 0.1) is 5.92 Å². The fourth-order valence-corrected chi connectivity index (χ4v) is 5.98. The topological polar surface area (TPSA) is 110 Å². The molecule has 1 aliphatic carbocycles. The Morgan fingerprint density at radius 2 is 1.69 bits per heavy atom. The summed E-state index contributed by atoms with van der Waals surface area (Å²) >= 11 is 0. The number of rotatable bonds is 8. The molecular formula is C34H35N5O3. The second-order valence-corrected chi connectivity index (χ2v) is 11.6. The zero-order chi connectivity index (χ0) is 29.2. The van der Waals surface area contributed by atoms with Crippen LogP contribution < -0.4 is 5.32 Å². The summed E-state index contributed by atoms with van der Waals surface area (Å²) in [4.78, 5) is 39.5. The van der Waals surface area contributed by atoms with Crippen molar-refractivity contribution in [2.75, 3.05) is 0 Å². The number of imidazole rings is 1. The molecule has 1 aliphatic rings. The molecule has 2 aromatic heterocycles. The fourth-order valence-electron chi connectivity index (χ4n) is 5.98. The van der Waals surface area contributed by atoms with E-state index in [1.165, 1.54) is 19.3 Å². The van der Waals surface area contributed by atoms with Crippen molar-refractivity contribution in [1.29, 1.82) is 0 Å². The lowest BCUT2D eigenvalue weighted by Crippen LogP contribution is -2.41. The lowest BCUT2D eigenvalue weighted by Gasteiger charge is -2.25. The number of aliphatic carboxylic acids is 1. The number of benzene rings is 3. The van der Waals surface area contributed by atoms with Gasteiger partial charge >= 0.3 is 5.97 Å². The van der Waals surface area contributed by atoms with Crippen LogP contribution in [0.2, 0.25) is 0 Å². The lowest BCUT2D eigenvalue weighted by molar-refractivity contribution is -0.139. The van der Waals surface area contributed by atoms with Crippen LogP contribution in [-0.4, -0.2) is 42.5 Å². The Labute approximate surface area is 244 Å². The van der Waals surface area contributed by atoms with Gasteiger partial charge in [0.2, 0.25) is 0 Å². The summed E-state index contributed by atoms with van der Waals surface area (Å²) in [7, 11) is 0. The third-order valence-electron chi connectivity index (χ3n) is 8.07. The van der Waals surface area contributed by atoms with E-state index in [-0.39, 0.29) is 5.92 Å². The molecule has 6 rings (SSSR count). The van der Waals surface area contributed by atoms with E-state index in [2.05, 4.69) is 9.88 Å². The van der Waals surface area contributed by atoms with Crippen LogP contribution in [-0.2, 0) is 4.79 Å². The minimum Gasteiger partial charge on any atom is -0.480 e. The van der Waals surface area contributed by atoms with Crippen LogP contribution in [0.5, 0.6) is 0 Å². The summed E-state index contributed by atoms with van der Waals surface area (Å²) in [5.41, 5.74) is 6.48. The predicted octanol–water partition coefficient (Wildman–Crippen LogP) is 7.05. The molecule has 1 atom stereocenters. The first-order valence-electron chi connectivity index (χ1n) is 14.8. The summed E-state index contributed by atoms with van der Waals surface area (Å²) in [6.07, 6.45) is 7.89. The molecule has 3 aromatic carbocycles. The number of hydrogen-bond acceptors (Lipinski definition) is 5. The van der Waals surface area contributed by atoms with E-state index in [0.29, 0.717) is 23.5 Å². The maximum absolute atomic E-state index is 13.1. The van der Waals surface area contributed by atoms with Crippen molar-refractivity contribution < 1.29 is 14.7 Å². The van der Waals surface area contributed by atoms with Crippen LogP contribution in [0.25, 0.3) is 44.7 Å². The van der Waals surface area contributed by atoms with Gasteiger partial charge in [-0.1, -0.05) is 63.4 Å². The van der Waals surface area contributed by atoms with Crippen LogP contribution in [0.15, 0.2) is 72.9 Å². The van der Waals surface area contributed by atoms with Gasteiger partial charge in [0.15, 0.2) is 0 Å². The van der Waals surface area contributed by atoms with Crippen LogP contribution in [0.1, 0.15) is 68.8 Å². The van der Waals surface area contributed by atoms with Gasteiger partial charge in [0.25, 0.3) is 5.91 Å². The number of carboxylic acids is 1. The number of amides is 1. The maximum Gasteiger partial charge on any atom is 0.326 e. The van der Waals surface area contributed by atoms with Crippen molar-refractivity contribution >= 4 is 33.9 Å². The zero-order valence-corrected chi connectivity index (χ0v) is 24.0. The van der Waals surface area contributed by atoms with E-state index >= 15 is 0 Å². The molecule has 2 heterocycles. The van der Waals surface area contributed by atoms with Crippen molar-refractivity contribution in [1.82, 2.24) is 24.8 Å². The van der Waals surface area contributed by atoms with Gasteiger partial charge < -0.3 is 15.0 Å². The molecular weight excluding hydrogens is 526 g/mol. The second-order valence-electron chi connectivity index (χ2n) is 11.6. The van der Waals surface area contributed by atoms with Crippen LogP contribution in [0.4, 0.5) is 0 Å². The Kier molecular flexibility index (Phi) is 7.69. The number of nitrogens with zero attached hydrogens (tertiary/aromatic N) is 4. The average molecular weight is 562 g/mol. The maximum atomic E-state index is 13.1. The summed E-state index contributed by atoms with van der Waals surface area (Å²) < 4.78 is 2.32. The molecule has 0 saturated heterocycles. The fraction of sp³-hybridized carbons (Fsp3) is 0.324. The van der Waals surface area contributed by atoms with E-state index < -0.39 is 17.9 Å². The molecule has 0 bridgehead atoms. The van der Waals surface area contributed by atoms with Gasteiger partial charge in [0, 0.05) is 22.7 Å². The number of hydrogen-bond donors (Lipinski definition) is 2. The van der Waals surface area contributed by atoms with E-state index in [9.17, 15) is 14.7 Å². The predicted molar refractivity (Wildman–Crippen MR) is 164 cm³/mol. The van der Waals surface area contributed by atoms with E-state index in [1.54, 1.807) is 18.3 Å². The third-order valence-corrected chi connectivity index (χ3v) is 8.07. The molecule has 214 valence electrons. The quantitative estimate of drug-likeness (QED) is 0.210. The highest BCUT2D eigenvalue weighted by Gasteiger charge is 2.25. The molecule has 1 fully saturated rings. The van der Waals surface area contributed by atoms with E-state index in [0.717, 1.165) is 52.0 Å². The van der Waals surface area contributed by atoms with Gasteiger partial charge in [-0.3, -0.25) is 9.78 Å². The highest BCUT2D eigenvalue weighted by atomic mass is 16.4. The lowest BCUT2D eigenvalue weighted by atomic mass is 9.94. The summed E-state index contributed by atoms with van der Waals surface area (Å²) in [5.74, 6) is -0.459. The first-order valence-corrected chi connectivity index (χ1v) is 14.8. The first kappa shape index (κ1) is 27.6. The smallest absolute Gasteiger partial charge is 0.326 e. The normalized spacial score (nSPS) is 14.8. The Hall–Kier alpha value is -4.59. The summed E-state index contributed by atoms with van der Waals surface area (Å²) in [6.45, 7) is 3.88. The molecule has 1 unspecified atom stereocenters. The molecule has 1 amide bonds. The number of carboxylic acid groups (broad SMARTS) is 1. The Morgan fingerprint density at radius 1 is 0.905 bits per heavy atom. The standard InChI is InChI=1S/C34H35N5O3/c1-21(2)17-29(34(41)42)38-33(40)24-14-16-31-28(19-24)37-32(39(31)25-11-7-4-8-12-25)23-13-15-26-27(18-23)35-20-30(36-26)22-9-5-3-6-10-22/h3,5-6,9-10,13-16,18-21,25,29H,4,7-8,11-12,17H2,1-2H3,(H,38,40)(H,41,42). The molecule has 0 spiro atoms. The highest BCUT2D eigenvalue weighted by molar-refractivity contribution is 5.99. The Balaban J connectivity index is 1.39. The molecule has 42 heavy (non-hydrogen) atoms. The number of carbonyl (C=O) groups excluding carboxylic acids is 1. The number of nitrogens with one attached hydrogen (secondary N) is 1. The monoisotopic (exact) mass is 561 g/mol. The average Bonchev–Trinajstić information content (AvgIpc) is 3.39. The van der Waals surface area contributed by atoms with Crippen LogP contribution >= 0.6 is 0 Å². The second kappa shape index (κ2) is 11.7. The molecule has 8 heteroatoms. The largest absolute Gasteiger partial charge is 0.480 e. The highest BCUT2D eigenvalue weighted by Crippen LogP contribution is 2.37. The van der Waals surface area contributed by atoms with Gasteiger partial charge in [0.1, 0.15) is 11.9 Å². The number of carbonyl (C=O) groups is 2. The molecule has 8 nitrogen and oxygen atoms in total. The SMILES string of the molecule is CC(C)CC(NC(=O)c1ccc2c(c1)nc(-c1ccc3nc(-c4ccccc4)cnc3c1)n2C1CCCCC1)C(=O)O. The van der Waals surface area contributed by atoms with E-state index in [1.807, 2.05) is 68.4 Å². The van der Waals surface area contributed by atoms with Crippen molar-refractivity contribution in [3.8, 4) is 22.6 Å². The molecule has 5 aromatic rings. The molecule has 0 aliphatic heterocycles. The Morgan fingerprint density at radius 3 is 2.43 bits per heavy atom. The molecule has 1 saturated carbocycles. The summed E-state index contributed by atoms with van der Waals surface area (Å²) in [5, 5.41) is 12.3. The molecule has 0 radical (unpaired) electrons. The minimum atomic E-state index is -1.03. The van der Waals surface area contributed by atoms with Gasteiger partial charge in [-0.15, -0.1) is 0 Å². The van der Waals surface area contributed by atoms with Crippen molar-refractivity contribution in [2.24, 2.45) is 5.92 Å². The number of aromatic nitrogens is 4. The van der Waals surface area contributed by atoms with E-state index in [4.69, 9.17) is 15.0 Å². The van der Waals surface area contributed by atoms with Gasteiger partial charge in [-0.2, -0.15) is 0 Å². The summed E-state index contributed by atoms with van der Waals surface area (Å²) in [6, 6.07) is 20.9. The van der Waals surface area contributed by atoms with Gasteiger partial charge in [-0.25, -0.2) is 14.8 Å². The first-order chi connectivity index (χ1) is 20.4. The van der Waals surface area contributed by atoms with Crippen molar-refractivity contribution in [2.45, 2.75) is 64.5 Å². The number of fused-ring (bicyclic) bond motifs is 2.